The molecule has 1 aliphatic rings. The molecule has 2 rings (SSSR count). The fourth-order valence-corrected chi connectivity index (χ4v) is 2.98. The number of benzene rings is 1. The van der Waals surface area contributed by atoms with Crippen molar-refractivity contribution in [2.24, 2.45) is 5.92 Å². The Morgan fingerprint density at radius 2 is 2.14 bits per heavy atom. The average molecular weight is 324 g/mol. The molecule has 22 heavy (non-hydrogen) atoms. The molecule has 1 saturated carbocycles. The quantitative estimate of drug-likeness (QED) is 0.752. The Morgan fingerprint density at radius 1 is 1.41 bits per heavy atom. The Morgan fingerprint density at radius 3 is 2.73 bits per heavy atom. The normalized spacial score (nSPS) is 21.3. The van der Waals surface area contributed by atoms with E-state index >= 15 is 0 Å². The van der Waals surface area contributed by atoms with Crippen LogP contribution in [0.3, 0.4) is 0 Å². The summed E-state index contributed by atoms with van der Waals surface area (Å²) in [6.45, 7) is 4.77. The van der Waals surface area contributed by atoms with Crippen LogP contribution in [0.25, 0.3) is 0 Å². The number of aliphatic carboxylic acids is 1. The van der Waals surface area contributed by atoms with E-state index in [2.05, 4.69) is 11.9 Å². The second-order valence-corrected chi connectivity index (χ2v) is 6.04. The first kappa shape index (κ1) is 16.8. The van der Waals surface area contributed by atoms with Gasteiger partial charge in [0.2, 0.25) is 0 Å². The highest BCUT2D eigenvalue weighted by Crippen LogP contribution is 2.27. The molecule has 0 radical (unpaired) electrons. The minimum absolute atomic E-state index is 0.172. The number of rotatable bonds is 7. The van der Waals surface area contributed by atoms with Gasteiger partial charge in [-0.05, 0) is 43.4 Å². The monoisotopic (exact) mass is 323 g/mol. The first-order valence-corrected chi connectivity index (χ1v) is 7.96. The Hall–Kier alpha value is -1.52. The van der Waals surface area contributed by atoms with Gasteiger partial charge in [0, 0.05) is 12.6 Å². The van der Waals surface area contributed by atoms with Crippen molar-refractivity contribution >= 4 is 17.6 Å². The summed E-state index contributed by atoms with van der Waals surface area (Å²) in [7, 11) is 0. The third-order valence-corrected chi connectivity index (χ3v) is 4.32. The van der Waals surface area contributed by atoms with E-state index in [1.165, 1.54) is 0 Å². The van der Waals surface area contributed by atoms with Crippen molar-refractivity contribution in [3.05, 3.63) is 41.4 Å². The number of hydrogen-bond acceptors (Lipinski definition) is 3. The topological polar surface area (TPSA) is 58.6 Å². The summed E-state index contributed by atoms with van der Waals surface area (Å²) in [5.74, 6) is -0.179. The van der Waals surface area contributed by atoms with Crippen LogP contribution in [0.5, 0.6) is 5.75 Å². The lowest BCUT2D eigenvalue weighted by atomic mass is 9.86. The summed E-state index contributed by atoms with van der Waals surface area (Å²) in [6.07, 6.45) is 5.00. The van der Waals surface area contributed by atoms with Crippen LogP contribution in [-0.4, -0.2) is 23.7 Å². The SMILES string of the molecule is C=CCOc1ccc(CNC2CCC(C(=O)O)CC2)cc1Cl. The van der Waals surface area contributed by atoms with Gasteiger partial charge in [-0.1, -0.05) is 30.3 Å². The van der Waals surface area contributed by atoms with Crippen LogP contribution in [0, 0.1) is 5.92 Å². The first-order chi connectivity index (χ1) is 10.6. The third kappa shape index (κ3) is 4.75. The van der Waals surface area contributed by atoms with E-state index < -0.39 is 5.97 Å². The molecular weight excluding hydrogens is 302 g/mol. The van der Waals surface area contributed by atoms with Crippen molar-refractivity contribution in [2.75, 3.05) is 6.61 Å². The summed E-state index contributed by atoms with van der Waals surface area (Å²) < 4.78 is 5.44. The Bertz CT molecular complexity index is 525. The van der Waals surface area contributed by atoms with E-state index in [4.69, 9.17) is 21.4 Å². The maximum Gasteiger partial charge on any atom is 0.306 e. The van der Waals surface area contributed by atoms with Gasteiger partial charge < -0.3 is 15.2 Å². The lowest BCUT2D eigenvalue weighted by molar-refractivity contribution is -0.142. The van der Waals surface area contributed by atoms with Gasteiger partial charge in [0.1, 0.15) is 12.4 Å². The van der Waals surface area contributed by atoms with Gasteiger partial charge >= 0.3 is 5.97 Å². The smallest absolute Gasteiger partial charge is 0.306 e. The minimum Gasteiger partial charge on any atom is -0.488 e. The van der Waals surface area contributed by atoms with Crippen LogP contribution in [0.1, 0.15) is 31.2 Å². The number of nitrogens with one attached hydrogen (secondary N) is 1. The van der Waals surface area contributed by atoms with Crippen molar-refractivity contribution in [1.29, 1.82) is 0 Å². The Balaban J connectivity index is 1.81. The van der Waals surface area contributed by atoms with Gasteiger partial charge in [-0.25, -0.2) is 0 Å². The average Bonchev–Trinajstić information content (AvgIpc) is 2.52. The van der Waals surface area contributed by atoms with Gasteiger partial charge in [0.15, 0.2) is 0 Å². The maximum absolute atomic E-state index is 10.9. The molecule has 0 unspecified atom stereocenters. The molecule has 0 saturated heterocycles. The number of hydrogen-bond donors (Lipinski definition) is 2. The second kappa shape index (κ2) is 8.20. The van der Waals surface area contributed by atoms with Gasteiger partial charge in [-0.3, -0.25) is 4.79 Å². The summed E-state index contributed by atoms with van der Waals surface area (Å²) in [5, 5.41) is 13.1. The number of halogens is 1. The highest BCUT2D eigenvalue weighted by molar-refractivity contribution is 6.32. The Kier molecular flexibility index (Phi) is 6.28. The molecule has 1 aliphatic carbocycles. The molecule has 0 bridgehead atoms. The van der Waals surface area contributed by atoms with Crippen LogP contribution in [0.4, 0.5) is 0 Å². The fourth-order valence-electron chi connectivity index (χ4n) is 2.73. The molecule has 1 fully saturated rings. The van der Waals surface area contributed by atoms with Gasteiger partial charge in [-0.15, -0.1) is 0 Å². The number of carbonyl (C=O) groups is 1. The molecule has 120 valence electrons. The maximum atomic E-state index is 10.9. The molecule has 0 atom stereocenters. The van der Waals surface area contributed by atoms with Crippen molar-refractivity contribution < 1.29 is 14.6 Å². The number of carboxylic acids is 1. The molecule has 5 heteroatoms. The molecule has 0 heterocycles. The van der Waals surface area contributed by atoms with Crippen molar-refractivity contribution in [1.82, 2.24) is 5.32 Å². The van der Waals surface area contributed by atoms with E-state index in [0.717, 1.165) is 37.8 Å². The van der Waals surface area contributed by atoms with Gasteiger partial charge in [0.25, 0.3) is 0 Å². The highest BCUT2D eigenvalue weighted by atomic mass is 35.5. The molecule has 4 nitrogen and oxygen atoms in total. The van der Waals surface area contributed by atoms with E-state index in [-0.39, 0.29) is 5.92 Å². The predicted octanol–water partition coefficient (Wildman–Crippen LogP) is 3.64. The van der Waals surface area contributed by atoms with Crippen LogP contribution in [0.2, 0.25) is 5.02 Å². The minimum atomic E-state index is -0.666. The lowest BCUT2D eigenvalue weighted by Gasteiger charge is -2.27. The van der Waals surface area contributed by atoms with Gasteiger partial charge in [0.05, 0.1) is 10.9 Å². The van der Waals surface area contributed by atoms with Crippen LogP contribution < -0.4 is 10.1 Å². The molecule has 2 N–H and O–H groups in total. The van der Waals surface area contributed by atoms with E-state index in [9.17, 15) is 4.79 Å². The van der Waals surface area contributed by atoms with Gasteiger partial charge in [-0.2, -0.15) is 0 Å². The molecule has 0 aromatic heterocycles. The molecule has 1 aromatic carbocycles. The van der Waals surface area contributed by atoms with E-state index in [1.54, 1.807) is 6.08 Å². The molecule has 0 spiro atoms. The molecule has 0 aliphatic heterocycles. The summed E-state index contributed by atoms with van der Waals surface area (Å²) in [6, 6.07) is 6.13. The van der Waals surface area contributed by atoms with Crippen molar-refractivity contribution in [2.45, 2.75) is 38.3 Å². The molecule has 1 aromatic rings. The summed E-state index contributed by atoms with van der Waals surface area (Å²) in [4.78, 5) is 10.9. The van der Waals surface area contributed by atoms with E-state index in [1.807, 2.05) is 18.2 Å². The zero-order valence-corrected chi connectivity index (χ0v) is 13.3. The summed E-state index contributed by atoms with van der Waals surface area (Å²) >= 11 is 6.19. The number of ether oxygens (including phenoxy) is 1. The van der Waals surface area contributed by atoms with Crippen molar-refractivity contribution in [3.8, 4) is 5.75 Å². The lowest BCUT2D eigenvalue weighted by Crippen LogP contribution is -2.34. The molecule has 0 amide bonds. The fraction of sp³-hybridized carbons (Fsp3) is 0.471. The summed E-state index contributed by atoms with van der Waals surface area (Å²) in [5.41, 5.74) is 1.09. The number of carboxylic acid groups (broad SMARTS) is 1. The third-order valence-electron chi connectivity index (χ3n) is 4.02. The standard InChI is InChI=1S/C17H22ClNO3/c1-2-9-22-16-8-3-12(10-15(16)18)11-19-14-6-4-13(5-7-14)17(20)21/h2-3,8,10,13-14,19H,1,4-7,9,11H2,(H,20,21). The van der Waals surface area contributed by atoms with Crippen LogP contribution in [-0.2, 0) is 11.3 Å². The van der Waals surface area contributed by atoms with E-state index in [0.29, 0.717) is 23.4 Å². The van der Waals surface area contributed by atoms with Crippen molar-refractivity contribution in [3.63, 3.8) is 0 Å². The first-order valence-electron chi connectivity index (χ1n) is 7.58. The highest BCUT2D eigenvalue weighted by Gasteiger charge is 2.25. The van der Waals surface area contributed by atoms with Crippen LogP contribution in [0.15, 0.2) is 30.9 Å². The largest absolute Gasteiger partial charge is 0.488 e. The molecular formula is C17H22ClNO3. The second-order valence-electron chi connectivity index (χ2n) is 5.63. The zero-order chi connectivity index (χ0) is 15.9. The Labute approximate surface area is 136 Å². The zero-order valence-electron chi connectivity index (χ0n) is 12.6. The predicted molar refractivity (Wildman–Crippen MR) is 87.4 cm³/mol. The van der Waals surface area contributed by atoms with Crippen LogP contribution >= 0.6 is 11.6 Å².